The molecule has 2 aromatic rings. The summed E-state index contributed by atoms with van der Waals surface area (Å²) in [7, 11) is 1.70. The molecule has 112 valence electrons. The maximum absolute atomic E-state index is 10.7. The first kappa shape index (κ1) is 13.9. The van der Waals surface area contributed by atoms with Gasteiger partial charge in [-0.15, -0.1) is 0 Å². The lowest BCUT2D eigenvalue weighted by Crippen LogP contribution is -2.34. The first-order valence-corrected chi connectivity index (χ1v) is 7.19. The van der Waals surface area contributed by atoms with Crippen molar-refractivity contribution in [1.82, 2.24) is 9.47 Å². The average molecular weight is 288 g/mol. The van der Waals surface area contributed by atoms with Gasteiger partial charge in [-0.1, -0.05) is 0 Å². The van der Waals surface area contributed by atoms with E-state index < -0.39 is 5.97 Å². The minimum absolute atomic E-state index is 0.197. The Balaban J connectivity index is 1.93. The molecule has 1 aliphatic heterocycles. The van der Waals surface area contributed by atoms with Crippen LogP contribution in [-0.2, 0) is 17.9 Å². The molecule has 1 aromatic heterocycles. The molecule has 0 saturated carbocycles. The van der Waals surface area contributed by atoms with Crippen LogP contribution in [0.5, 0.6) is 5.75 Å². The number of aryl methyl sites for hydroxylation is 1. The average Bonchev–Trinajstić information content (AvgIpc) is 2.81. The lowest BCUT2D eigenvalue weighted by molar-refractivity contribution is -0.137. The van der Waals surface area contributed by atoms with Gasteiger partial charge in [0.15, 0.2) is 0 Å². The van der Waals surface area contributed by atoms with Gasteiger partial charge in [0.1, 0.15) is 5.75 Å². The Kier molecular flexibility index (Phi) is 3.59. The highest BCUT2D eigenvalue weighted by atomic mass is 16.5. The lowest BCUT2D eigenvalue weighted by atomic mass is 10.1. The number of benzene rings is 1. The summed E-state index contributed by atoms with van der Waals surface area (Å²) < 4.78 is 7.82. The molecule has 21 heavy (non-hydrogen) atoms. The molecule has 0 fully saturated rings. The SMILES string of the molecule is COc1cc(C)cc2cc3n(c12)CCN(CCC(=O)O)C3. The second kappa shape index (κ2) is 5.41. The van der Waals surface area contributed by atoms with E-state index in [9.17, 15) is 4.79 Å². The van der Waals surface area contributed by atoms with Crippen LogP contribution < -0.4 is 4.74 Å². The quantitative estimate of drug-likeness (QED) is 0.937. The van der Waals surface area contributed by atoms with Gasteiger partial charge in [0.2, 0.25) is 0 Å². The number of aromatic nitrogens is 1. The Morgan fingerprint density at radius 3 is 2.86 bits per heavy atom. The Bertz CT molecular complexity index is 690. The van der Waals surface area contributed by atoms with E-state index in [0.717, 1.165) is 30.9 Å². The van der Waals surface area contributed by atoms with Crippen LogP contribution in [0.4, 0.5) is 0 Å². The Morgan fingerprint density at radius 2 is 2.14 bits per heavy atom. The molecule has 0 amide bonds. The topological polar surface area (TPSA) is 54.7 Å². The van der Waals surface area contributed by atoms with Gasteiger partial charge in [-0.25, -0.2) is 0 Å². The molecule has 0 bridgehead atoms. The normalized spacial score (nSPS) is 15.1. The lowest BCUT2D eigenvalue weighted by Gasteiger charge is -2.28. The molecule has 0 spiro atoms. The standard InChI is InChI=1S/C16H20N2O3/c1-11-7-12-9-13-10-17(4-3-15(19)20)5-6-18(13)16(12)14(8-11)21-2/h7-9H,3-6,10H2,1-2H3,(H,19,20). The first-order chi connectivity index (χ1) is 10.1. The summed E-state index contributed by atoms with van der Waals surface area (Å²) in [5, 5.41) is 10.0. The molecule has 0 unspecified atom stereocenters. The third kappa shape index (κ3) is 2.61. The number of aliphatic carboxylic acids is 1. The number of ether oxygens (including phenoxy) is 1. The van der Waals surface area contributed by atoms with E-state index in [2.05, 4.69) is 34.6 Å². The van der Waals surface area contributed by atoms with Gasteiger partial charge >= 0.3 is 5.97 Å². The number of carboxylic acids is 1. The van der Waals surface area contributed by atoms with Gasteiger partial charge in [-0.05, 0) is 30.7 Å². The third-order valence-corrected chi connectivity index (χ3v) is 4.07. The number of fused-ring (bicyclic) bond motifs is 3. The maximum atomic E-state index is 10.7. The number of rotatable bonds is 4. The zero-order valence-electron chi connectivity index (χ0n) is 12.4. The molecule has 0 atom stereocenters. The number of hydrogen-bond acceptors (Lipinski definition) is 3. The van der Waals surface area contributed by atoms with E-state index in [0.29, 0.717) is 6.54 Å². The predicted octanol–water partition coefficient (Wildman–Crippen LogP) is 2.25. The van der Waals surface area contributed by atoms with Crippen molar-refractivity contribution in [3.63, 3.8) is 0 Å². The molecular formula is C16H20N2O3. The number of hydrogen-bond donors (Lipinski definition) is 1. The zero-order chi connectivity index (χ0) is 15.0. The largest absolute Gasteiger partial charge is 0.495 e. The highest BCUT2D eigenvalue weighted by Gasteiger charge is 2.21. The molecule has 1 aliphatic rings. The van der Waals surface area contributed by atoms with Crippen molar-refractivity contribution in [2.75, 3.05) is 20.2 Å². The number of carbonyl (C=O) groups is 1. The molecule has 0 saturated heterocycles. The number of carboxylic acid groups (broad SMARTS) is 1. The van der Waals surface area contributed by atoms with Crippen molar-refractivity contribution in [3.8, 4) is 5.75 Å². The van der Waals surface area contributed by atoms with Crippen LogP contribution in [-0.4, -0.2) is 40.7 Å². The number of nitrogens with zero attached hydrogens (tertiary/aromatic N) is 2. The molecule has 3 rings (SSSR count). The van der Waals surface area contributed by atoms with E-state index in [1.54, 1.807) is 7.11 Å². The summed E-state index contributed by atoms with van der Waals surface area (Å²) in [5.41, 5.74) is 3.56. The van der Waals surface area contributed by atoms with Crippen LogP contribution in [0.1, 0.15) is 17.7 Å². The summed E-state index contributed by atoms with van der Waals surface area (Å²) in [6.07, 6.45) is 0.197. The zero-order valence-corrected chi connectivity index (χ0v) is 12.4. The van der Waals surface area contributed by atoms with Crippen LogP contribution in [0.25, 0.3) is 10.9 Å². The fraction of sp³-hybridized carbons (Fsp3) is 0.438. The summed E-state index contributed by atoms with van der Waals surface area (Å²) in [6.45, 7) is 5.22. The monoisotopic (exact) mass is 288 g/mol. The minimum atomic E-state index is -0.738. The highest BCUT2D eigenvalue weighted by molar-refractivity contribution is 5.88. The summed E-state index contributed by atoms with van der Waals surface area (Å²) in [4.78, 5) is 12.9. The first-order valence-electron chi connectivity index (χ1n) is 7.19. The second-order valence-electron chi connectivity index (χ2n) is 5.61. The van der Waals surface area contributed by atoms with Gasteiger partial charge < -0.3 is 14.4 Å². The van der Waals surface area contributed by atoms with Crippen LogP contribution in [0, 0.1) is 6.92 Å². The van der Waals surface area contributed by atoms with Gasteiger partial charge in [0.25, 0.3) is 0 Å². The fourth-order valence-corrected chi connectivity index (χ4v) is 3.11. The van der Waals surface area contributed by atoms with Crippen LogP contribution >= 0.6 is 0 Å². The summed E-state index contributed by atoms with van der Waals surface area (Å²) in [5.74, 6) is 0.175. The van der Waals surface area contributed by atoms with Crippen molar-refractivity contribution in [1.29, 1.82) is 0 Å². The summed E-state index contributed by atoms with van der Waals surface area (Å²) >= 11 is 0. The Labute approximate surface area is 123 Å². The molecule has 0 radical (unpaired) electrons. The highest BCUT2D eigenvalue weighted by Crippen LogP contribution is 2.32. The smallest absolute Gasteiger partial charge is 0.304 e. The summed E-state index contributed by atoms with van der Waals surface area (Å²) in [6, 6.07) is 6.43. The molecule has 2 heterocycles. The van der Waals surface area contributed by atoms with Crippen LogP contribution in [0.3, 0.4) is 0 Å². The Hall–Kier alpha value is -2.01. The van der Waals surface area contributed by atoms with E-state index >= 15 is 0 Å². The van der Waals surface area contributed by atoms with E-state index in [4.69, 9.17) is 9.84 Å². The molecule has 1 N–H and O–H groups in total. The van der Waals surface area contributed by atoms with Crippen molar-refractivity contribution in [2.45, 2.75) is 26.4 Å². The van der Waals surface area contributed by atoms with Crippen LogP contribution in [0.15, 0.2) is 18.2 Å². The van der Waals surface area contributed by atoms with E-state index in [1.807, 2.05) is 0 Å². The van der Waals surface area contributed by atoms with Gasteiger partial charge in [-0.3, -0.25) is 9.69 Å². The maximum Gasteiger partial charge on any atom is 0.304 e. The Morgan fingerprint density at radius 1 is 1.33 bits per heavy atom. The predicted molar refractivity (Wildman–Crippen MR) is 80.8 cm³/mol. The molecule has 5 heteroatoms. The molecule has 1 aromatic carbocycles. The van der Waals surface area contributed by atoms with Crippen molar-refractivity contribution in [2.24, 2.45) is 0 Å². The molecule has 0 aliphatic carbocycles. The molecular weight excluding hydrogens is 268 g/mol. The van der Waals surface area contributed by atoms with Gasteiger partial charge in [0.05, 0.1) is 19.0 Å². The third-order valence-electron chi connectivity index (χ3n) is 4.07. The van der Waals surface area contributed by atoms with Crippen molar-refractivity contribution >= 4 is 16.9 Å². The van der Waals surface area contributed by atoms with Crippen molar-refractivity contribution in [3.05, 3.63) is 29.5 Å². The van der Waals surface area contributed by atoms with Crippen LogP contribution in [0.2, 0.25) is 0 Å². The fourth-order valence-electron chi connectivity index (χ4n) is 3.11. The minimum Gasteiger partial charge on any atom is -0.495 e. The van der Waals surface area contributed by atoms with Gasteiger partial charge in [-0.2, -0.15) is 0 Å². The van der Waals surface area contributed by atoms with Gasteiger partial charge in [0, 0.05) is 37.3 Å². The van der Waals surface area contributed by atoms with Crippen molar-refractivity contribution < 1.29 is 14.6 Å². The van der Waals surface area contributed by atoms with E-state index in [-0.39, 0.29) is 6.42 Å². The molecule has 5 nitrogen and oxygen atoms in total. The number of methoxy groups -OCH3 is 1. The second-order valence-corrected chi connectivity index (χ2v) is 5.61. The van der Waals surface area contributed by atoms with E-state index in [1.165, 1.54) is 16.6 Å².